The number of hydrogen-bond donors (Lipinski definition) is 2. The van der Waals surface area contributed by atoms with E-state index in [0.717, 1.165) is 37.2 Å². The second-order valence-electron chi connectivity index (χ2n) is 3.98. The third kappa shape index (κ3) is 3.56. The first kappa shape index (κ1) is 13.7. The Kier molecular flexibility index (Phi) is 5.69. The highest BCUT2D eigenvalue weighted by atomic mass is 16.3. The van der Waals surface area contributed by atoms with Crippen molar-refractivity contribution in [3.05, 3.63) is 11.9 Å². The first-order valence-corrected chi connectivity index (χ1v) is 6.19. The molecule has 0 aromatic carbocycles. The van der Waals surface area contributed by atoms with Crippen LogP contribution in [-0.4, -0.2) is 34.8 Å². The fraction of sp³-hybridized carbons (Fsp3) is 0.667. The molecule has 1 heterocycles. The van der Waals surface area contributed by atoms with Crippen molar-refractivity contribution in [1.29, 1.82) is 0 Å². The van der Waals surface area contributed by atoms with Gasteiger partial charge in [0.2, 0.25) is 0 Å². The molecule has 1 aromatic rings. The van der Waals surface area contributed by atoms with Crippen molar-refractivity contribution in [2.45, 2.75) is 33.1 Å². The van der Waals surface area contributed by atoms with E-state index in [-0.39, 0.29) is 6.61 Å². The maximum atomic E-state index is 9.11. The molecular weight excluding hydrogens is 216 g/mol. The molecule has 1 rings (SSSR count). The first-order chi connectivity index (χ1) is 8.24. The molecule has 0 aliphatic heterocycles. The standard InChI is InChI=1S/C12H22N4O/c1-3-5-6-16(7-8-17)12-10(4-2)11(13)14-9-15-12/h9,17H,3-8H2,1-2H3,(H2,13,14,15). The second-order valence-corrected chi connectivity index (χ2v) is 3.98. The van der Waals surface area contributed by atoms with Crippen molar-refractivity contribution in [3.63, 3.8) is 0 Å². The number of nitrogens with zero attached hydrogens (tertiary/aromatic N) is 3. The number of aliphatic hydroxyl groups is 1. The third-order valence-corrected chi connectivity index (χ3v) is 2.76. The molecule has 3 N–H and O–H groups in total. The van der Waals surface area contributed by atoms with Crippen LogP contribution in [0, 0.1) is 0 Å². The van der Waals surface area contributed by atoms with Gasteiger partial charge in [0.15, 0.2) is 0 Å². The van der Waals surface area contributed by atoms with Crippen LogP contribution in [0.15, 0.2) is 6.33 Å². The largest absolute Gasteiger partial charge is 0.395 e. The summed E-state index contributed by atoms with van der Waals surface area (Å²) in [6.45, 7) is 5.78. The van der Waals surface area contributed by atoms with Crippen molar-refractivity contribution in [2.75, 3.05) is 30.3 Å². The van der Waals surface area contributed by atoms with Crippen LogP contribution in [0.3, 0.4) is 0 Å². The molecule has 0 unspecified atom stereocenters. The highest BCUT2D eigenvalue weighted by Gasteiger charge is 2.13. The van der Waals surface area contributed by atoms with E-state index in [0.29, 0.717) is 12.4 Å². The second kappa shape index (κ2) is 7.06. The molecule has 0 aliphatic carbocycles. The average Bonchev–Trinajstić information content (AvgIpc) is 2.34. The number of nitrogens with two attached hydrogens (primary N) is 1. The van der Waals surface area contributed by atoms with E-state index >= 15 is 0 Å². The molecule has 0 radical (unpaired) electrons. The summed E-state index contributed by atoms with van der Waals surface area (Å²) in [6, 6.07) is 0. The van der Waals surface area contributed by atoms with Gasteiger partial charge in [0.25, 0.3) is 0 Å². The van der Waals surface area contributed by atoms with Crippen LogP contribution in [0.1, 0.15) is 32.3 Å². The number of nitrogen functional groups attached to an aromatic ring is 1. The molecule has 17 heavy (non-hydrogen) atoms. The van der Waals surface area contributed by atoms with Gasteiger partial charge in [-0.25, -0.2) is 9.97 Å². The molecular formula is C12H22N4O. The summed E-state index contributed by atoms with van der Waals surface area (Å²) in [7, 11) is 0. The van der Waals surface area contributed by atoms with E-state index < -0.39 is 0 Å². The Morgan fingerprint density at radius 2 is 2.06 bits per heavy atom. The molecule has 1 aromatic heterocycles. The van der Waals surface area contributed by atoms with Gasteiger partial charge in [-0.05, 0) is 12.8 Å². The summed E-state index contributed by atoms with van der Waals surface area (Å²) in [6.07, 6.45) is 4.48. The molecule has 0 saturated heterocycles. The molecule has 5 nitrogen and oxygen atoms in total. The van der Waals surface area contributed by atoms with Crippen molar-refractivity contribution < 1.29 is 5.11 Å². The minimum atomic E-state index is 0.122. The number of anilines is 2. The van der Waals surface area contributed by atoms with Crippen molar-refractivity contribution in [3.8, 4) is 0 Å². The molecule has 0 saturated carbocycles. The van der Waals surface area contributed by atoms with Gasteiger partial charge >= 0.3 is 0 Å². The highest BCUT2D eigenvalue weighted by Crippen LogP contribution is 2.22. The number of unbranched alkanes of at least 4 members (excludes halogenated alkanes) is 1. The smallest absolute Gasteiger partial charge is 0.137 e. The van der Waals surface area contributed by atoms with Gasteiger partial charge in [0.1, 0.15) is 18.0 Å². The Morgan fingerprint density at radius 1 is 1.29 bits per heavy atom. The van der Waals surface area contributed by atoms with E-state index in [2.05, 4.69) is 21.8 Å². The lowest BCUT2D eigenvalue weighted by Crippen LogP contribution is -2.30. The summed E-state index contributed by atoms with van der Waals surface area (Å²) in [5.74, 6) is 1.40. The number of hydrogen-bond acceptors (Lipinski definition) is 5. The number of rotatable bonds is 7. The minimum absolute atomic E-state index is 0.122. The molecule has 0 amide bonds. The molecule has 0 bridgehead atoms. The summed E-state index contributed by atoms with van der Waals surface area (Å²) in [4.78, 5) is 10.4. The quantitative estimate of drug-likeness (QED) is 0.747. The SMILES string of the molecule is CCCCN(CCO)c1ncnc(N)c1CC. The summed E-state index contributed by atoms with van der Waals surface area (Å²) >= 11 is 0. The van der Waals surface area contributed by atoms with Crippen LogP contribution in [0.4, 0.5) is 11.6 Å². The fourth-order valence-electron chi connectivity index (χ4n) is 1.82. The van der Waals surface area contributed by atoms with Gasteiger partial charge in [-0.2, -0.15) is 0 Å². The fourth-order valence-corrected chi connectivity index (χ4v) is 1.82. The average molecular weight is 238 g/mol. The third-order valence-electron chi connectivity index (χ3n) is 2.76. The van der Waals surface area contributed by atoms with Gasteiger partial charge in [0.05, 0.1) is 6.61 Å². The van der Waals surface area contributed by atoms with Crippen LogP contribution in [-0.2, 0) is 6.42 Å². The van der Waals surface area contributed by atoms with Gasteiger partial charge in [-0.1, -0.05) is 20.3 Å². The predicted octanol–water partition coefficient (Wildman–Crippen LogP) is 1.22. The van der Waals surface area contributed by atoms with Gasteiger partial charge < -0.3 is 15.7 Å². The Labute approximate surface area is 103 Å². The number of aromatic nitrogens is 2. The van der Waals surface area contributed by atoms with Crippen LogP contribution in [0.25, 0.3) is 0 Å². The molecule has 0 atom stereocenters. The monoisotopic (exact) mass is 238 g/mol. The Bertz CT molecular complexity index is 343. The summed E-state index contributed by atoms with van der Waals surface area (Å²) in [5.41, 5.74) is 6.82. The van der Waals surface area contributed by atoms with E-state index in [4.69, 9.17) is 10.8 Å². The van der Waals surface area contributed by atoms with Crippen molar-refractivity contribution in [1.82, 2.24) is 9.97 Å². The molecule has 0 aliphatic rings. The summed E-state index contributed by atoms with van der Waals surface area (Å²) < 4.78 is 0. The lowest BCUT2D eigenvalue weighted by Gasteiger charge is -2.25. The van der Waals surface area contributed by atoms with E-state index in [1.54, 1.807) is 0 Å². The number of aliphatic hydroxyl groups excluding tert-OH is 1. The maximum absolute atomic E-state index is 9.11. The Balaban J connectivity index is 2.95. The molecule has 5 heteroatoms. The zero-order valence-corrected chi connectivity index (χ0v) is 10.7. The predicted molar refractivity (Wildman–Crippen MR) is 70.0 cm³/mol. The van der Waals surface area contributed by atoms with Crippen molar-refractivity contribution in [2.24, 2.45) is 0 Å². The van der Waals surface area contributed by atoms with E-state index in [1.165, 1.54) is 6.33 Å². The zero-order chi connectivity index (χ0) is 12.7. The Morgan fingerprint density at radius 3 is 2.65 bits per heavy atom. The van der Waals surface area contributed by atoms with Crippen molar-refractivity contribution >= 4 is 11.6 Å². The maximum Gasteiger partial charge on any atom is 0.137 e. The van der Waals surface area contributed by atoms with E-state index in [9.17, 15) is 0 Å². The lowest BCUT2D eigenvalue weighted by atomic mass is 10.2. The van der Waals surface area contributed by atoms with Gasteiger partial charge in [-0.3, -0.25) is 0 Å². The topological polar surface area (TPSA) is 75.3 Å². The van der Waals surface area contributed by atoms with Gasteiger partial charge in [0, 0.05) is 18.7 Å². The highest BCUT2D eigenvalue weighted by molar-refractivity contribution is 5.56. The molecule has 0 spiro atoms. The van der Waals surface area contributed by atoms with Gasteiger partial charge in [-0.15, -0.1) is 0 Å². The lowest BCUT2D eigenvalue weighted by molar-refractivity contribution is 0.301. The molecule has 96 valence electrons. The first-order valence-electron chi connectivity index (χ1n) is 6.19. The van der Waals surface area contributed by atoms with Crippen LogP contribution >= 0.6 is 0 Å². The zero-order valence-electron chi connectivity index (χ0n) is 10.7. The van der Waals surface area contributed by atoms with Crippen LogP contribution in [0.5, 0.6) is 0 Å². The van der Waals surface area contributed by atoms with Crippen LogP contribution < -0.4 is 10.6 Å². The normalized spacial score (nSPS) is 10.5. The van der Waals surface area contributed by atoms with Crippen LogP contribution in [0.2, 0.25) is 0 Å². The molecule has 0 fully saturated rings. The Hall–Kier alpha value is -1.36. The summed E-state index contributed by atoms with van der Waals surface area (Å²) in [5, 5.41) is 9.11. The minimum Gasteiger partial charge on any atom is -0.395 e. The van der Waals surface area contributed by atoms with E-state index in [1.807, 2.05) is 6.92 Å².